The molecule has 0 atom stereocenters. The lowest BCUT2D eigenvalue weighted by Gasteiger charge is -2.10. The molecule has 25 heavy (non-hydrogen) atoms. The quantitative estimate of drug-likeness (QED) is 0.618. The third-order valence-electron chi connectivity index (χ3n) is 2.70. The Morgan fingerprint density at radius 3 is 2.76 bits per heavy atom. The second-order valence-electron chi connectivity index (χ2n) is 4.56. The number of alkyl halides is 3. The van der Waals surface area contributed by atoms with Gasteiger partial charge >= 0.3 is 12.1 Å². The summed E-state index contributed by atoms with van der Waals surface area (Å²) in [5, 5.41) is 3.62. The van der Waals surface area contributed by atoms with Crippen LogP contribution in [-0.2, 0) is 20.5 Å². The number of thiophene rings is 1. The third-order valence-corrected chi connectivity index (χ3v) is 3.82. The fraction of sp³-hybridized carbons (Fsp3) is 0.133. The fourth-order valence-electron chi connectivity index (χ4n) is 1.57. The number of pyridine rings is 1. The normalized spacial score (nSPS) is 11.5. The molecule has 0 spiro atoms. The van der Waals surface area contributed by atoms with E-state index in [0.29, 0.717) is 12.3 Å². The Morgan fingerprint density at radius 1 is 1.40 bits per heavy atom. The number of aromatic nitrogens is 1. The van der Waals surface area contributed by atoms with Crippen molar-refractivity contribution in [2.24, 2.45) is 0 Å². The van der Waals surface area contributed by atoms with Gasteiger partial charge in [0.15, 0.2) is 12.4 Å². The minimum Gasteiger partial charge on any atom is -0.452 e. The van der Waals surface area contributed by atoms with Crippen LogP contribution in [0.5, 0.6) is 0 Å². The van der Waals surface area contributed by atoms with Crippen LogP contribution >= 0.6 is 22.9 Å². The summed E-state index contributed by atoms with van der Waals surface area (Å²) >= 11 is 7.07. The molecule has 2 aromatic rings. The van der Waals surface area contributed by atoms with Gasteiger partial charge < -0.3 is 10.1 Å². The first-order valence-electron chi connectivity index (χ1n) is 6.66. The van der Waals surface area contributed by atoms with Crippen molar-refractivity contribution in [2.75, 3.05) is 11.9 Å². The Hall–Kier alpha value is -2.39. The molecule has 1 N–H and O–H groups in total. The maximum atomic E-state index is 12.5. The van der Waals surface area contributed by atoms with Crippen LogP contribution in [0.1, 0.15) is 10.4 Å². The zero-order valence-corrected chi connectivity index (χ0v) is 13.9. The smallest absolute Gasteiger partial charge is 0.417 e. The van der Waals surface area contributed by atoms with Gasteiger partial charge in [0.25, 0.3) is 5.91 Å². The maximum Gasteiger partial charge on any atom is 0.417 e. The molecule has 0 saturated carbocycles. The van der Waals surface area contributed by atoms with E-state index >= 15 is 0 Å². The van der Waals surface area contributed by atoms with E-state index in [9.17, 15) is 22.8 Å². The average Bonchev–Trinajstić information content (AvgIpc) is 3.05. The minimum atomic E-state index is -4.59. The van der Waals surface area contributed by atoms with Crippen LogP contribution in [0.4, 0.5) is 19.0 Å². The van der Waals surface area contributed by atoms with Gasteiger partial charge in [-0.05, 0) is 23.6 Å². The molecular weight excluding hydrogens is 381 g/mol. The first-order chi connectivity index (χ1) is 11.8. The number of nitrogens with zero attached hydrogens (tertiary/aromatic N) is 1. The zero-order chi connectivity index (χ0) is 18.4. The molecule has 2 aromatic heterocycles. The molecule has 0 aliphatic heterocycles. The summed E-state index contributed by atoms with van der Waals surface area (Å²) in [5.74, 6) is -1.79. The van der Waals surface area contributed by atoms with Crippen LogP contribution in [0.2, 0.25) is 5.02 Å². The molecule has 0 fully saturated rings. The van der Waals surface area contributed by atoms with Crippen LogP contribution in [0.3, 0.4) is 0 Å². The fourth-order valence-corrected chi connectivity index (χ4v) is 2.41. The second kappa shape index (κ2) is 8.13. The van der Waals surface area contributed by atoms with E-state index in [2.05, 4.69) is 10.3 Å². The highest BCUT2D eigenvalue weighted by Gasteiger charge is 2.31. The van der Waals surface area contributed by atoms with Crippen molar-refractivity contribution in [3.05, 3.63) is 51.3 Å². The number of anilines is 1. The van der Waals surface area contributed by atoms with Crippen LogP contribution in [0.25, 0.3) is 6.08 Å². The molecule has 0 saturated heterocycles. The predicted molar refractivity (Wildman–Crippen MR) is 87.2 cm³/mol. The van der Waals surface area contributed by atoms with Crippen LogP contribution < -0.4 is 5.32 Å². The molecule has 0 aromatic carbocycles. The number of amides is 1. The number of rotatable bonds is 5. The Kier molecular flexibility index (Phi) is 6.16. The zero-order valence-electron chi connectivity index (χ0n) is 12.3. The van der Waals surface area contributed by atoms with Gasteiger partial charge in [0.1, 0.15) is 0 Å². The van der Waals surface area contributed by atoms with E-state index in [0.717, 1.165) is 11.0 Å². The van der Waals surface area contributed by atoms with Crippen molar-refractivity contribution < 1.29 is 27.5 Å². The van der Waals surface area contributed by atoms with Crippen molar-refractivity contribution in [1.82, 2.24) is 4.98 Å². The van der Waals surface area contributed by atoms with Crippen molar-refractivity contribution in [3.63, 3.8) is 0 Å². The number of esters is 1. The molecule has 5 nitrogen and oxygen atoms in total. The van der Waals surface area contributed by atoms with Crippen molar-refractivity contribution >= 4 is 46.7 Å². The SMILES string of the molecule is O=C(COC(=O)C=Cc1cccs1)Nc1ncc(C(F)(F)F)cc1Cl. The van der Waals surface area contributed by atoms with E-state index in [1.807, 2.05) is 11.4 Å². The van der Waals surface area contributed by atoms with Gasteiger partial charge in [-0.15, -0.1) is 11.3 Å². The number of hydrogen-bond acceptors (Lipinski definition) is 5. The van der Waals surface area contributed by atoms with Crippen LogP contribution in [0.15, 0.2) is 35.9 Å². The lowest BCUT2D eigenvalue weighted by molar-refractivity contribution is -0.142. The molecule has 2 rings (SSSR count). The largest absolute Gasteiger partial charge is 0.452 e. The van der Waals surface area contributed by atoms with E-state index in [-0.39, 0.29) is 10.8 Å². The summed E-state index contributed by atoms with van der Waals surface area (Å²) in [6, 6.07) is 4.24. The number of halogens is 4. The summed E-state index contributed by atoms with van der Waals surface area (Å²) in [6.45, 7) is -0.632. The lowest BCUT2D eigenvalue weighted by Crippen LogP contribution is -2.21. The monoisotopic (exact) mass is 390 g/mol. The van der Waals surface area contributed by atoms with Crippen LogP contribution in [-0.4, -0.2) is 23.5 Å². The van der Waals surface area contributed by atoms with Gasteiger partial charge in [-0.2, -0.15) is 13.2 Å². The van der Waals surface area contributed by atoms with Gasteiger partial charge in [0, 0.05) is 17.2 Å². The Balaban J connectivity index is 1.87. The molecule has 0 radical (unpaired) electrons. The first-order valence-corrected chi connectivity index (χ1v) is 7.92. The van der Waals surface area contributed by atoms with Gasteiger partial charge in [0.05, 0.1) is 10.6 Å². The topological polar surface area (TPSA) is 68.3 Å². The highest BCUT2D eigenvalue weighted by Crippen LogP contribution is 2.32. The number of carbonyl (C=O) groups excluding carboxylic acids is 2. The molecule has 10 heteroatoms. The maximum absolute atomic E-state index is 12.5. The van der Waals surface area contributed by atoms with E-state index < -0.39 is 30.2 Å². The van der Waals surface area contributed by atoms with Gasteiger partial charge in [-0.1, -0.05) is 17.7 Å². The molecule has 0 bridgehead atoms. The van der Waals surface area contributed by atoms with Gasteiger partial charge in [0.2, 0.25) is 0 Å². The lowest BCUT2D eigenvalue weighted by atomic mass is 10.3. The summed E-state index contributed by atoms with van der Waals surface area (Å²) in [7, 11) is 0. The van der Waals surface area contributed by atoms with Gasteiger partial charge in [-0.3, -0.25) is 4.79 Å². The number of ether oxygens (including phenoxy) is 1. The summed E-state index contributed by atoms with van der Waals surface area (Å²) in [6.07, 6.45) is -1.37. The van der Waals surface area contributed by atoms with Gasteiger partial charge in [-0.25, -0.2) is 9.78 Å². The predicted octanol–water partition coefficient (Wildman–Crippen LogP) is 4.01. The van der Waals surface area contributed by atoms with E-state index in [4.69, 9.17) is 16.3 Å². The minimum absolute atomic E-state index is 0.259. The van der Waals surface area contributed by atoms with Crippen molar-refractivity contribution in [2.45, 2.75) is 6.18 Å². The average molecular weight is 391 g/mol. The third kappa shape index (κ3) is 5.87. The van der Waals surface area contributed by atoms with Crippen molar-refractivity contribution in [3.8, 4) is 0 Å². The first kappa shape index (κ1) is 18.9. The van der Waals surface area contributed by atoms with E-state index in [1.54, 1.807) is 6.07 Å². The summed E-state index contributed by atoms with van der Waals surface area (Å²) in [5.41, 5.74) is -1.04. The summed E-state index contributed by atoms with van der Waals surface area (Å²) < 4.78 is 42.2. The molecular formula is C15H10ClF3N2O3S. The van der Waals surface area contributed by atoms with E-state index in [1.165, 1.54) is 17.4 Å². The molecule has 132 valence electrons. The summed E-state index contributed by atoms with van der Waals surface area (Å²) in [4.78, 5) is 27.4. The highest BCUT2D eigenvalue weighted by atomic mass is 35.5. The Labute approximate surface area is 149 Å². The molecule has 0 aliphatic carbocycles. The highest BCUT2D eigenvalue weighted by molar-refractivity contribution is 7.10. The Bertz CT molecular complexity index is 792. The molecule has 1 amide bonds. The number of carbonyl (C=O) groups is 2. The Morgan fingerprint density at radius 2 is 2.16 bits per heavy atom. The standard InChI is InChI=1S/C15H10ClF3N2O3S/c16-11-6-9(15(17,18)19)7-20-14(11)21-12(22)8-24-13(23)4-3-10-2-1-5-25-10/h1-7H,8H2,(H,20,21,22). The number of nitrogens with one attached hydrogen (secondary N) is 1. The molecule has 2 heterocycles. The second-order valence-corrected chi connectivity index (χ2v) is 5.94. The number of hydrogen-bond donors (Lipinski definition) is 1. The molecule has 0 aliphatic rings. The van der Waals surface area contributed by atoms with Crippen LogP contribution in [0, 0.1) is 0 Å². The molecule has 0 unspecified atom stereocenters. The van der Waals surface area contributed by atoms with Crippen molar-refractivity contribution in [1.29, 1.82) is 0 Å².